The molecule has 1 unspecified atom stereocenters. The van der Waals surface area contributed by atoms with E-state index in [1.807, 2.05) is 20.8 Å². The summed E-state index contributed by atoms with van der Waals surface area (Å²) in [5, 5.41) is 9.51. The van der Waals surface area contributed by atoms with Crippen LogP contribution in [0.1, 0.15) is 27.2 Å². The number of nitrogens with zero attached hydrogens (tertiary/aromatic N) is 1. The van der Waals surface area contributed by atoms with E-state index in [2.05, 4.69) is 0 Å². The van der Waals surface area contributed by atoms with Gasteiger partial charge in [0.25, 0.3) is 0 Å². The summed E-state index contributed by atoms with van der Waals surface area (Å²) in [4.78, 5) is 13.3. The summed E-state index contributed by atoms with van der Waals surface area (Å²) in [6.07, 6.45) is 0.300. The molecule has 1 amide bonds. The molecule has 0 aromatic heterocycles. The Morgan fingerprint density at radius 3 is 2.50 bits per heavy atom. The zero-order valence-corrected chi connectivity index (χ0v) is 8.86. The second-order valence-electron chi connectivity index (χ2n) is 5.17. The highest BCUT2D eigenvalue weighted by molar-refractivity contribution is 5.70. The number of hydrogen-bond acceptors (Lipinski definition) is 3. The van der Waals surface area contributed by atoms with Crippen LogP contribution in [0.4, 0.5) is 4.79 Å². The van der Waals surface area contributed by atoms with Gasteiger partial charge >= 0.3 is 6.09 Å². The number of aliphatic hydroxyl groups is 1. The van der Waals surface area contributed by atoms with Crippen molar-refractivity contribution in [3.63, 3.8) is 0 Å². The first-order valence-corrected chi connectivity index (χ1v) is 5.06. The number of ether oxygens (including phenoxy) is 1. The molecule has 80 valence electrons. The van der Waals surface area contributed by atoms with Gasteiger partial charge in [-0.1, -0.05) is 0 Å². The number of hydrogen-bond donors (Lipinski definition) is 1. The first-order valence-electron chi connectivity index (χ1n) is 5.06. The summed E-state index contributed by atoms with van der Waals surface area (Å²) in [6, 6.07) is 0.236. The fourth-order valence-electron chi connectivity index (χ4n) is 1.97. The van der Waals surface area contributed by atoms with E-state index in [9.17, 15) is 9.90 Å². The van der Waals surface area contributed by atoms with Gasteiger partial charge in [-0.05, 0) is 27.2 Å². The largest absolute Gasteiger partial charge is 0.444 e. The topological polar surface area (TPSA) is 49.8 Å². The van der Waals surface area contributed by atoms with Crippen LogP contribution < -0.4 is 0 Å². The minimum absolute atomic E-state index is 0.236. The molecule has 0 bridgehead atoms. The molecule has 2 fully saturated rings. The average molecular weight is 199 g/mol. The number of aliphatic hydroxyl groups excluding tert-OH is 1. The summed E-state index contributed by atoms with van der Waals surface area (Å²) in [5.74, 6) is 0.308. The van der Waals surface area contributed by atoms with Crippen molar-refractivity contribution in [3.8, 4) is 0 Å². The maximum atomic E-state index is 11.6. The normalized spacial score (nSPS) is 35.4. The van der Waals surface area contributed by atoms with Crippen LogP contribution in [0.2, 0.25) is 0 Å². The van der Waals surface area contributed by atoms with Crippen LogP contribution >= 0.6 is 0 Å². The maximum absolute atomic E-state index is 11.6. The number of rotatable bonds is 0. The fourth-order valence-corrected chi connectivity index (χ4v) is 1.97. The van der Waals surface area contributed by atoms with Gasteiger partial charge in [0.1, 0.15) is 5.60 Å². The summed E-state index contributed by atoms with van der Waals surface area (Å²) < 4.78 is 5.24. The first-order chi connectivity index (χ1) is 6.38. The molecular weight excluding hydrogens is 182 g/mol. The average Bonchev–Trinajstić information content (AvgIpc) is 2.69. The van der Waals surface area contributed by atoms with Crippen LogP contribution in [0.25, 0.3) is 0 Å². The zero-order valence-electron chi connectivity index (χ0n) is 8.86. The Kier molecular flexibility index (Phi) is 2.00. The SMILES string of the molecule is CC(C)(C)OC(=O)N1C[C@H](O)[C@@H]2CC21. The summed E-state index contributed by atoms with van der Waals surface area (Å²) in [6.45, 7) is 5.98. The van der Waals surface area contributed by atoms with Crippen molar-refractivity contribution in [2.75, 3.05) is 6.54 Å². The summed E-state index contributed by atoms with van der Waals surface area (Å²) >= 11 is 0. The monoisotopic (exact) mass is 199 g/mol. The Morgan fingerprint density at radius 1 is 1.50 bits per heavy atom. The molecule has 1 heterocycles. The molecule has 0 aromatic rings. The summed E-state index contributed by atoms with van der Waals surface area (Å²) in [7, 11) is 0. The maximum Gasteiger partial charge on any atom is 0.410 e. The second kappa shape index (κ2) is 2.86. The third kappa shape index (κ3) is 1.71. The molecular formula is C10H17NO3. The Hall–Kier alpha value is -0.770. The van der Waals surface area contributed by atoms with Gasteiger partial charge in [-0.15, -0.1) is 0 Å². The van der Waals surface area contributed by atoms with Crippen molar-refractivity contribution in [1.82, 2.24) is 4.90 Å². The van der Waals surface area contributed by atoms with E-state index in [-0.39, 0.29) is 18.2 Å². The second-order valence-corrected chi connectivity index (χ2v) is 5.17. The molecule has 1 aliphatic carbocycles. The lowest BCUT2D eigenvalue weighted by Gasteiger charge is -2.25. The van der Waals surface area contributed by atoms with Crippen molar-refractivity contribution in [2.24, 2.45) is 5.92 Å². The van der Waals surface area contributed by atoms with Crippen LogP contribution in [0.15, 0.2) is 0 Å². The molecule has 4 nitrogen and oxygen atoms in total. The number of β-amino-alcohol motifs (C(OH)–C–C–N with tert-alkyl or cyclic N) is 1. The zero-order chi connectivity index (χ0) is 10.5. The first kappa shape index (κ1) is 9.77. The highest BCUT2D eigenvalue weighted by Crippen LogP contribution is 2.44. The fraction of sp³-hybridized carbons (Fsp3) is 0.900. The van der Waals surface area contributed by atoms with Crippen molar-refractivity contribution >= 4 is 6.09 Å². The van der Waals surface area contributed by atoms with Gasteiger partial charge in [0.15, 0.2) is 0 Å². The van der Waals surface area contributed by atoms with Crippen LogP contribution in [-0.2, 0) is 4.74 Å². The molecule has 3 atom stereocenters. The van der Waals surface area contributed by atoms with Gasteiger partial charge < -0.3 is 14.7 Å². The number of piperidine rings is 1. The smallest absolute Gasteiger partial charge is 0.410 e. The van der Waals surface area contributed by atoms with Gasteiger partial charge in [-0.25, -0.2) is 4.79 Å². The van der Waals surface area contributed by atoms with E-state index in [4.69, 9.17) is 4.74 Å². The van der Waals surface area contributed by atoms with Crippen LogP contribution in [0, 0.1) is 5.92 Å². The predicted octanol–water partition coefficient (Wildman–Crippen LogP) is 0.986. The van der Waals surface area contributed by atoms with Gasteiger partial charge in [-0.3, -0.25) is 0 Å². The summed E-state index contributed by atoms with van der Waals surface area (Å²) in [5.41, 5.74) is -0.449. The quantitative estimate of drug-likeness (QED) is 0.633. The lowest BCUT2D eigenvalue weighted by molar-refractivity contribution is 0.0221. The van der Waals surface area contributed by atoms with E-state index < -0.39 is 5.60 Å². The number of carbonyl (C=O) groups is 1. The van der Waals surface area contributed by atoms with Crippen molar-refractivity contribution in [1.29, 1.82) is 0 Å². The molecule has 0 radical (unpaired) electrons. The Labute approximate surface area is 83.8 Å². The molecule has 1 saturated heterocycles. The minimum atomic E-state index is -0.449. The van der Waals surface area contributed by atoms with E-state index >= 15 is 0 Å². The lowest BCUT2D eigenvalue weighted by atomic mass is 10.2. The van der Waals surface area contributed by atoms with E-state index in [1.165, 1.54) is 0 Å². The third-order valence-corrected chi connectivity index (χ3v) is 2.71. The number of amides is 1. The lowest BCUT2D eigenvalue weighted by Crippen LogP contribution is -2.38. The number of likely N-dealkylation sites (tertiary alicyclic amines) is 1. The predicted molar refractivity (Wildman–Crippen MR) is 50.8 cm³/mol. The highest BCUT2D eigenvalue weighted by Gasteiger charge is 2.55. The Balaban J connectivity index is 1.93. The molecule has 2 aliphatic rings. The molecule has 1 aliphatic heterocycles. The highest BCUT2D eigenvalue weighted by atomic mass is 16.6. The number of fused-ring (bicyclic) bond motifs is 1. The van der Waals surface area contributed by atoms with Crippen molar-refractivity contribution in [2.45, 2.75) is 44.9 Å². The van der Waals surface area contributed by atoms with Gasteiger partial charge in [-0.2, -0.15) is 0 Å². The standard InChI is InChI=1S/C10H17NO3/c1-10(2,3)14-9(13)11-5-8(12)6-4-7(6)11/h6-8,12H,4-5H2,1-3H3/t6-,7?,8+/m1/s1. The van der Waals surface area contributed by atoms with Gasteiger partial charge in [0.05, 0.1) is 12.6 Å². The van der Waals surface area contributed by atoms with E-state index in [0.29, 0.717) is 12.5 Å². The molecule has 2 rings (SSSR count). The number of carbonyl (C=O) groups excluding carboxylic acids is 1. The molecule has 4 heteroatoms. The molecule has 0 spiro atoms. The van der Waals surface area contributed by atoms with E-state index in [0.717, 1.165) is 6.42 Å². The molecule has 1 N–H and O–H groups in total. The molecule has 1 saturated carbocycles. The van der Waals surface area contributed by atoms with Crippen LogP contribution in [0.3, 0.4) is 0 Å². The Bertz CT molecular complexity index is 259. The van der Waals surface area contributed by atoms with Crippen molar-refractivity contribution in [3.05, 3.63) is 0 Å². The molecule has 14 heavy (non-hydrogen) atoms. The van der Waals surface area contributed by atoms with Gasteiger partial charge in [0, 0.05) is 12.0 Å². The van der Waals surface area contributed by atoms with Crippen LogP contribution in [0.5, 0.6) is 0 Å². The molecule has 0 aromatic carbocycles. The van der Waals surface area contributed by atoms with Crippen molar-refractivity contribution < 1.29 is 14.6 Å². The minimum Gasteiger partial charge on any atom is -0.444 e. The third-order valence-electron chi connectivity index (χ3n) is 2.71. The van der Waals surface area contributed by atoms with Crippen LogP contribution in [-0.4, -0.2) is 40.4 Å². The van der Waals surface area contributed by atoms with Gasteiger partial charge in [0.2, 0.25) is 0 Å². The van der Waals surface area contributed by atoms with E-state index in [1.54, 1.807) is 4.90 Å². The Morgan fingerprint density at radius 2 is 2.14 bits per heavy atom.